The number of amides is 2. The molecule has 138 valence electrons. The molecule has 1 N–H and O–H groups in total. The molecule has 0 radical (unpaired) electrons. The van der Waals surface area contributed by atoms with Gasteiger partial charge in [0.1, 0.15) is 0 Å². The average molecular weight is 394 g/mol. The number of thioether (sulfide) groups is 1. The van der Waals surface area contributed by atoms with E-state index in [1.807, 2.05) is 23.7 Å². The van der Waals surface area contributed by atoms with E-state index in [4.69, 9.17) is 11.6 Å². The number of carbonyl (C=O) groups is 2. The quantitative estimate of drug-likeness (QED) is 0.727. The first-order chi connectivity index (χ1) is 12.4. The summed E-state index contributed by atoms with van der Waals surface area (Å²) in [6.07, 6.45) is 2.06. The molecule has 0 bridgehead atoms. The van der Waals surface area contributed by atoms with Gasteiger partial charge in [0.2, 0.25) is 11.8 Å². The Morgan fingerprint density at radius 1 is 1.31 bits per heavy atom. The van der Waals surface area contributed by atoms with E-state index in [-0.39, 0.29) is 24.1 Å². The standard InChI is InChI=1S/C17H20ClN5O2S/c1-22(9-14(24)19-13-7-8-13)15(25)10-26-17-21-20-16(23(17)2)11-3-5-12(18)6-4-11/h3-6,13H,7-10H2,1-2H3,(H,19,24). The van der Waals surface area contributed by atoms with E-state index < -0.39 is 0 Å². The number of aromatic nitrogens is 3. The number of hydrogen-bond donors (Lipinski definition) is 1. The van der Waals surface area contributed by atoms with Crippen LogP contribution in [0.5, 0.6) is 0 Å². The Kier molecular flexibility index (Phi) is 5.83. The largest absolute Gasteiger partial charge is 0.352 e. The third kappa shape index (κ3) is 4.76. The van der Waals surface area contributed by atoms with Crippen molar-refractivity contribution in [2.45, 2.75) is 24.0 Å². The second-order valence-corrected chi connectivity index (χ2v) is 7.63. The molecule has 3 rings (SSSR count). The molecule has 9 heteroatoms. The van der Waals surface area contributed by atoms with Crippen molar-refractivity contribution in [1.29, 1.82) is 0 Å². The van der Waals surface area contributed by atoms with Gasteiger partial charge in [-0.15, -0.1) is 10.2 Å². The molecule has 2 aromatic rings. The average Bonchev–Trinajstić information content (AvgIpc) is 3.34. The van der Waals surface area contributed by atoms with Crippen LogP contribution in [-0.4, -0.2) is 56.9 Å². The zero-order valence-corrected chi connectivity index (χ0v) is 16.2. The summed E-state index contributed by atoms with van der Waals surface area (Å²) in [6.45, 7) is 0.0741. The molecular weight excluding hydrogens is 374 g/mol. The molecule has 1 aliphatic carbocycles. The Labute approximate surface area is 161 Å². The number of hydrogen-bond acceptors (Lipinski definition) is 5. The van der Waals surface area contributed by atoms with Gasteiger partial charge in [-0.2, -0.15) is 0 Å². The highest BCUT2D eigenvalue weighted by Gasteiger charge is 2.24. The van der Waals surface area contributed by atoms with Crippen LogP contribution < -0.4 is 5.32 Å². The van der Waals surface area contributed by atoms with E-state index in [2.05, 4.69) is 15.5 Å². The van der Waals surface area contributed by atoms with Crippen molar-refractivity contribution in [3.05, 3.63) is 29.3 Å². The van der Waals surface area contributed by atoms with E-state index in [0.29, 0.717) is 22.0 Å². The van der Waals surface area contributed by atoms with Gasteiger partial charge in [-0.05, 0) is 37.1 Å². The lowest BCUT2D eigenvalue weighted by Crippen LogP contribution is -2.39. The third-order valence-electron chi connectivity index (χ3n) is 4.01. The summed E-state index contributed by atoms with van der Waals surface area (Å²) in [5.41, 5.74) is 0.899. The van der Waals surface area contributed by atoms with Crippen LogP contribution in [0.2, 0.25) is 5.02 Å². The predicted octanol–water partition coefficient (Wildman–Crippen LogP) is 1.96. The van der Waals surface area contributed by atoms with Crippen LogP contribution in [0.25, 0.3) is 11.4 Å². The highest BCUT2D eigenvalue weighted by Crippen LogP contribution is 2.24. The zero-order chi connectivity index (χ0) is 18.7. The fraction of sp³-hybridized carbons (Fsp3) is 0.412. The molecule has 1 heterocycles. The summed E-state index contributed by atoms with van der Waals surface area (Å²) in [6, 6.07) is 7.63. The molecule has 7 nitrogen and oxygen atoms in total. The summed E-state index contributed by atoms with van der Waals surface area (Å²) >= 11 is 7.20. The molecule has 0 atom stereocenters. The summed E-state index contributed by atoms with van der Waals surface area (Å²) < 4.78 is 1.83. The van der Waals surface area contributed by atoms with Crippen LogP contribution in [0.1, 0.15) is 12.8 Å². The maximum absolute atomic E-state index is 12.2. The number of rotatable bonds is 7. The number of nitrogens with one attached hydrogen (secondary N) is 1. The molecule has 1 aliphatic rings. The van der Waals surface area contributed by atoms with Crippen molar-refractivity contribution in [2.75, 3.05) is 19.3 Å². The Morgan fingerprint density at radius 3 is 2.65 bits per heavy atom. The zero-order valence-electron chi connectivity index (χ0n) is 14.6. The lowest BCUT2D eigenvalue weighted by molar-refractivity contribution is -0.132. The van der Waals surface area contributed by atoms with E-state index in [9.17, 15) is 9.59 Å². The lowest BCUT2D eigenvalue weighted by atomic mass is 10.2. The molecule has 1 fully saturated rings. The lowest BCUT2D eigenvalue weighted by Gasteiger charge is -2.16. The summed E-state index contributed by atoms with van der Waals surface area (Å²) in [7, 11) is 3.48. The van der Waals surface area contributed by atoms with Gasteiger partial charge in [-0.3, -0.25) is 9.59 Å². The summed E-state index contributed by atoms with van der Waals surface area (Å²) in [5.74, 6) is 0.655. The smallest absolute Gasteiger partial charge is 0.239 e. The minimum absolute atomic E-state index is 0.0741. The Bertz CT molecular complexity index is 804. The first-order valence-corrected chi connectivity index (χ1v) is 9.62. The van der Waals surface area contributed by atoms with E-state index in [0.717, 1.165) is 18.4 Å². The van der Waals surface area contributed by atoms with Crippen LogP contribution in [0.3, 0.4) is 0 Å². The highest BCUT2D eigenvalue weighted by molar-refractivity contribution is 7.99. The first kappa shape index (κ1) is 18.7. The summed E-state index contributed by atoms with van der Waals surface area (Å²) in [4.78, 5) is 25.4. The predicted molar refractivity (Wildman–Crippen MR) is 101 cm³/mol. The molecule has 0 saturated heterocycles. The number of benzene rings is 1. The fourth-order valence-corrected chi connectivity index (χ4v) is 3.31. The monoisotopic (exact) mass is 393 g/mol. The normalized spacial score (nSPS) is 13.5. The molecule has 26 heavy (non-hydrogen) atoms. The second-order valence-electron chi connectivity index (χ2n) is 6.25. The molecule has 2 amide bonds. The van der Waals surface area contributed by atoms with Crippen molar-refractivity contribution in [1.82, 2.24) is 25.0 Å². The maximum atomic E-state index is 12.2. The number of likely N-dealkylation sites (N-methyl/N-ethyl adjacent to an activating group) is 1. The van der Waals surface area contributed by atoms with Gasteiger partial charge in [0, 0.05) is 30.7 Å². The van der Waals surface area contributed by atoms with Crippen LogP contribution in [0.15, 0.2) is 29.4 Å². The van der Waals surface area contributed by atoms with Crippen molar-refractivity contribution in [3.8, 4) is 11.4 Å². The molecule has 0 aliphatic heterocycles. The molecule has 1 aromatic carbocycles. The van der Waals surface area contributed by atoms with Crippen molar-refractivity contribution in [3.63, 3.8) is 0 Å². The van der Waals surface area contributed by atoms with Crippen molar-refractivity contribution >= 4 is 35.2 Å². The van der Waals surface area contributed by atoms with Crippen LogP contribution in [-0.2, 0) is 16.6 Å². The third-order valence-corrected chi connectivity index (χ3v) is 5.27. The molecule has 0 unspecified atom stereocenters. The topological polar surface area (TPSA) is 80.1 Å². The molecular formula is C17H20ClN5O2S. The van der Waals surface area contributed by atoms with Gasteiger partial charge >= 0.3 is 0 Å². The van der Waals surface area contributed by atoms with Gasteiger partial charge in [-0.1, -0.05) is 23.4 Å². The minimum atomic E-state index is -0.128. The van der Waals surface area contributed by atoms with Gasteiger partial charge in [0.05, 0.1) is 12.3 Å². The Hall–Kier alpha value is -2.06. The number of carbonyl (C=O) groups excluding carboxylic acids is 2. The van der Waals surface area contributed by atoms with E-state index in [1.165, 1.54) is 16.7 Å². The highest BCUT2D eigenvalue weighted by atomic mass is 35.5. The minimum Gasteiger partial charge on any atom is -0.352 e. The van der Waals surface area contributed by atoms with Crippen molar-refractivity contribution < 1.29 is 9.59 Å². The number of halogens is 1. The van der Waals surface area contributed by atoms with E-state index >= 15 is 0 Å². The molecule has 0 spiro atoms. The van der Waals surface area contributed by atoms with Gasteiger partial charge in [0.25, 0.3) is 0 Å². The van der Waals surface area contributed by atoms with Crippen LogP contribution in [0.4, 0.5) is 0 Å². The SMILES string of the molecule is CN(CC(=O)NC1CC1)C(=O)CSc1nnc(-c2ccc(Cl)cc2)n1C. The van der Waals surface area contributed by atoms with E-state index in [1.54, 1.807) is 19.2 Å². The molecule has 1 aromatic heterocycles. The molecule has 1 saturated carbocycles. The van der Waals surface area contributed by atoms with Crippen molar-refractivity contribution in [2.24, 2.45) is 7.05 Å². The second kappa shape index (κ2) is 8.09. The van der Waals surface area contributed by atoms with Gasteiger partial charge < -0.3 is 14.8 Å². The number of nitrogens with zero attached hydrogens (tertiary/aromatic N) is 4. The Balaban J connectivity index is 1.54. The summed E-state index contributed by atoms with van der Waals surface area (Å²) in [5, 5.41) is 12.5. The first-order valence-electron chi connectivity index (χ1n) is 8.25. The van der Waals surface area contributed by atoms with Crippen LogP contribution in [0, 0.1) is 0 Å². The van der Waals surface area contributed by atoms with Gasteiger partial charge in [-0.25, -0.2) is 0 Å². The maximum Gasteiger partial charge on any atom is 0.239 e. The Morgan fingerprint density at radius 2 is 2.00 bits per heavy atom. The fourth-order valence-electron chi connectivity index (χ4n) is 2.33. The van der Waals surface area contributed by atoms with Crippen LogP contribution >= 0.6 is 23.4 Å². The van der Waals surface area contributed by atoms with Gasteiger partial charge in [0.15, 0.2) is 11.0 Å².